The Hall–Kier alpha value is -1.08. The van der Waals surface area contributed by atoms with Crippen LogP contribution >= 0.6 is 0 Å². The van der Waals surface area contributed by atoms with Crippen molar-refractivity contribution in [2.45, 2.75) is 38.7 Å². The van der Waals surface area contributed by atoms with Gasteiger partial charge in [0.1, 0.15) is 0 Å². The van der Waals surface area contributed by atoms with Crippen LogP contribution in [-0.2, 0) is 10.2 Å². The van der Waals surface area contributed by atoms with Gasteiger partial charge in [-0.15, -0.1) is 0 Å². The van der Waals surface area contributed by atoms with Crippen LogP contribution in [0.1, 0.15) is 44.4 Å². The Morgan fingerprint density at radius 2 is 2.12 bits per heavy atom. The fraction of sp³-hybridized carbons (Fsp3) is 0.467. The molecule has 1 aromatic rings. The second-order valence-electron chi connectivity index (χ2n) is 5.43. The molecule has 1 heteroatoms. The molecule has 16 heavy (non-hydrogen) atoms. The molecule has 1 aliphatic carbocycles. The van der Waals surface area contributed by atoms with Crippen molar-refractivity contribution in [2.24, 2.45) is 0 Å². The highest BCUT2D eigenvalue weighted by molar-refractivity contribution is 5.40. The third-order valence-corrected chi connectivity index (χ3v) is 3.26. The molecule has 1 aromatic carbocycles. The molecule has 0 N–H and O–H groups in total. The Morgan fingerprint density at radius 1 is 1.44 bits per heavy atom. The Labute approximate surface area is 98.1 Å². The van der Waals surface area contributed by atoms with E-state index in [2.05, 4.69) is 44.7 Å². The molecule has 86 valence electrons. The van der Waals surface area contributed by atoms with Crippen LogP contribution in [0.15, 0.2) is 36.4 Å². The molecule has 0 saturated carbocycles. The molecule has 0 heterocycles. The van der Waals surface area contributed by atoms with E-state index in [1.165, 1.54) is 11.1 Å². The van der Waals surface area contributed by atoms with E-state index in [0.717, 1.165) is 12.0 Å². The third kappa shape index (κ3) is 2.05. The standard InChI is InChI=1S/C15H20O/c1-11(2)10-16-14-9-15(3,4)13-8-6-5-7-12(13)14/h5-8,14H,1,9-10H2,2-4H3. The van der Waals surface area contributed by atoms with Gasteiger partial charge in [-0.25, -0.2) is 0 Å². The average Bonchev–Trinajstić information content (AvgIpc) is 2.49. The van der Waals surface area contributed by atoms with E-state index in [0.29, 0.717) is 6.61 Å². The van der Waals surface area contributed by atoms with Gasteiger partial charge < -0.3 is 4.74 Å². The Bertz CT molecular complexity index is 404. The van der Waals surface area contributed by atoms with Crippen LogP contribution in [0.25, 0.3) is 0 Å². The minimum absolute atomic E-state index is 0.232. The van der Waals surface area contributed by atoms with E-state index in [1.807, 2.05) is 6.92 Å². The summed E-state index contributed by atoms with van der Waals surface area (Å²) in [5, 5.41) is 0. The van der Waals surface area contributed by atoms with Gasteiger partial charge in [-0.1, -0.05) is 50.3 Å². The van der Waals surface area contributed by atoms with Gasteiger partial charge in [-0.05, 0) is 29.9 Å². The molecule has 0 bridgehead atoms. The smallest absolute Gasteiger partial charge is 0.0840 e. The molecule has 0 saturated heterocycles. The largest absolute Gasteiger partial charge is 0.369 e. The first-order valence-corrected chi connectivity index (χ1v) is 5.86. The minimum Gasteiger partial charge on any atom is -0.369 e. The van der Waals surface area contributed by atoms with Crippen LogP contribution < -0.4 is 0 Å². The topological polar surface area (TPSA) is 9.23 Å². The number of hydrogen-bond acceptors (Lipinski definition) is 1. The van der Waals surface area contributed by atoms with Crippen molar-refractivity contribution >= 4 is 0 Å². The van der Waals surface area contributed by atoms with Crippen molar-refractivity contribution < 1.29 is 4.74 Å². The molecule has 1 aliphatic rings. The first-order chi connectivity index (χ1) is 7.50. The lowest BCUT2D eigenvalue weighted by molar-refractivity contribution is 0.0613. The van der Waals surface area contributed by atoms with Gasteiger partial charge in [0.05, 0.1) is 12.7 Å². The van der Waals surface area contributed by atoms with Gasteiger partial charge in [-0.2, -0.15) is 0 Å². The molecule has 0 aliphatic heterocycles. The minimum atomic E-state index is 0.232. The Morgan fingerprint density at radius 3 is 2.81 bits per heavy atom. The maximum Gasteiger partial charge on any atom is 0.0840 e. The Balaban J connectivity index is 2.23. The summed E-state index contributed by atoms with van der Waals surface area (Å²) in [6, 6.07) is 8.62. The van der Waals surface area contributed by atoms with E-state index in [1.54, 1.807) is 0 Å². The van der Waals surface area contributed by atoms with Crippen LogP contribution in [0, 0.1) is 0 Å². The third-order valence-electron chi connectivity index (χ3n) is 3.26. The SMILES string of the molecule is C=C(C)COC1CC(C)(C)c2ccccc21. The van der Waals surface area contributed by atoms with Crippen LogP contribution in [0.5, 0.6) is 0 Å². The fourth-order valence-electron chi connectivity index (χ4n) is 2.47. The molecular weight excluding hydrogens is 196 g/mol. The summed E-state index contributed by atoms with van der Waals surface area (Å²) in [7, 11) is 0. The fourth-order valence-corrected chi connectivity index (χ4v) is 2.47. The highest BCUT2D eigenvalue weighted by atomic mass is 16.5. The summed E-state index contributed by atoms with van der Waals surface area (Å²) in [6.45, 7) is 11.1. The van der Waals surface area contributed by atoms with Gasteiger partial charge in [0, 0.05) is 0 Å². The lowest BCUT2D eigenvalue weighted by atomic mass is 9.87. The van der Waals surface area contributed by atoms with Crippen molar-refractivity contribution in [3.05, 3.63) is 47.5 Å². The molecule has 0 aromatic heterocycles. The van der Waals surface area contributed by atoms with E-state index < -0.39 is 0 Å². The van der Waals surface area contributed by atoms with Gasteiger partial charge >= 0.3 is 0 Å². The van der Waals surface area contributed by atoms with Crippen LogP contribution in [-0.4, -0.2) is 6.61 Å². The number of hydrogen-bond donors (Lipinski definition) is 0. The quantitative estimate of drug-likeness (QED) is 0.694. The lowest BCUT2D eigenvalue weighted by Crippen LogP contribution is -2.13. The zero-order valence-corrected chi connectivity index (χ0v) is 10.4. The molecule has 0 fully saturated rings. The van der Waals surface area contributed by atoms with Crippen molar-refractivity contribution in [1.82, 2.24) is 0 Å². The molecule has 1 nitrogen and oxygen atoms in total. The summed E-state index contributed by atoms with van der Waals surface area (Å²) in [5.41, 5.74) is 4.11. The van der Waals surface area contributed by atoms with Crippen LogP contribution in [0.3, 0.4) is 0 Å². The van der Waals surface area contributed by atoms with Gasteiger partial charge in [0.25, 0.3) is 0 Å². The second-order valence-corrected chi connectivity index (χ2v) is 5.43. The maximum atomic E-state index is 5.93. The summed E-state index contributed by atoms with van der Waals surface area (Å²) >= 11 is 0. The molecular formula is C15H20O. The summed E-state index contributed by atoms with van der Waals surface area (Å²) in [4.78, 5) is 0. The highest BCUT2D eigenvalue weighted by Gasteiger charge is 2.36. The molecule has 2 rings (SSSR count). The highest BCUT2D eigenvalue weighted by Crippen LogP contribution is 2.46. The zero-order chi connectivity index (χ0) is 11.8. The van der Waals surface area contributed by atoms with Crippen molar-refractivity contribution in [2.75, 3.05) is 6.61 Å². The monoisotopic (exact) mass is 216 g/mol. The number of rotatable bonds is 3. The van der Waals surface area contributed by atoms with Crippen LogP contribution in [0.4, 0.5) is 0 Å². The molecule has 0 radical (unpaired) electrons. The average molecular weight is 216 g/mol. The number of benzene rings is 1. The predicted octanol–water partition coefficient (Wildman–Crippen LogP) is 4.00. The first kappa shape index (κ1) is 11.4. The summed E-state index contributed by atoms with van der Waals surface area (Å²) in [6.07, 6.45) is 1.31. The lowest BCUT2D eigenvalue weighted by Gasteiger charge is -2.19. The normalized spacial score (nSPS) is 21.8. The predicted molar refractivity (Wildman–Crippen MR) is 67.6 cm³/mol. The van der Waals surface area contributed by atoms with E-state index in [-0.39, 0.29) is 11.5 Å². The van der Waals surface area contributed by atoms with Crippen molar-refractivity contribution in [1.29, 1.82) is 0 Å². The Kier molecular flexibility index (Phi) is 2.90. The zero-order valence-electron chi connectivity index (χ0n) is 10.4. The van der Waals surface area contributed by atoms with Gasteiger partial charge in [-0.3, -0.25) is 0 Å². The summed E-state index contributed by atoms with van der Waals surface area (Å²) < 4.78 is 5.93. The molecule has 1 atom stereocenters. The van der Waals surface area contributed by atoms with Gasteiger partial charge in [0.2, 0.25) is 0 Å². The van der Waals surface area contributed by atoms with E-state index in [9.17, 15) is 0 Å². The first-order valence-electron chi connectivity index (χ1n) is 5.86. The van der Waals surface area contributed by atoms with Crippen molar-refractivity contribution in [3.8, 4) is 0 Å². The summed E-state index contributed by atoms with van der Waals surface area (Å²) in [5.74, 6) is 0. The molecule has 0 spiro atoms. The number of fused-ring (bicyclic) bond motifs is 1. The van der Waals surface area contributed by atoms with E-state index >= 15 is 0 Å². The van der Waals surface area contributed by atoms with Gasteiger partial charge in [0.15, 0.2) is 0 Å². The second kappa shape index (κ2) is 4.06. The molecule has 1 unspecified atom stereocenters. The van der Waals surface area contributed by atoms with Crippen LogP contribution in [0.2, 0.25) is 0 Å². The number of ether oxygens (including phenoxy) is 1. The van der Waals surface area contributed by atoms with Crippen molar-refractivity contribution in [3.63, 3.8) is 0 Å². The van der Waals surface area contributed by atoms with E-state index in [4.69, 9.17) is 4.74 Å². The maximum absolute atomic E-state index is 5.93. The molecule has 0 amide bonds.